The van der Waals surface area contributed by atoms with E-state index in [1.54, 1.807) is 22.9 Å². The van der Waals surface area contributed by atoms with Crippen molar-refractivity contribution < 1.29 is 9.53 Å². The molecule has 0 aliphatic rings. The zero-order valence-electron chi connectivity index (χ0n) is 11.1. The number of ether oxygens (including phenoxy) is 1. The van der Waals surface area contributed by atoms with Gasteiger partial charge in [-0.1, -0.05) is 12.1 Å². The standard InChI is InChI=1S/C14H17N3O2/c1-3-17-10-9-13(16-17)15-14(18)11-7-5-6-8-12(11)19-4-2/h5-10H,3-4H2,1-2H3,(H,15,16,18). The van der Waals surface area contributed by atoms with E-state index in [-0.39, 0.29) is 5.91 Å². The van der Waals surface area contributed by atoms with Gasteiger partial charge in [0.2, 0.25) is 0 Å². The third-order valence-corrected chi connectivity index (χ3v) is 2.64. The Morgan fingerprint density at radius 3 is 2.79 bits per heavy atom. The molecule has 1 N–H and O–H groups in total. The highest BCUT2D eigenvalue weighted by atomic mass is 16.5. The van der Waals surface area contributed by atoms with Crippen molar-refractivity contribution in [1.82, 2.24) is 9.78 Å². The summed E-state index contributed by atoms with van der Waals surface area (Å²) in [5, 5.41) is 6.97. The lowest BCUT2D eigenvalue weighted by molar-refractivity contribution is 0.102. The molecule has 5 nitrogen and oxygen atoms in total. The van der Waals surface area contributed by atoms with Gasteiger partial charge in [-0.15, -0.1) is 0 Å². The van der Waals surface area contributed by atoms with Crippen LogP contribution in [0, 0.1) is 0 Å². The molecule has 2 aromatic rings. The van der Waals surface area contributed by atoms with Crippen LogP contribution in [0.15, 0.2) is 36.5 Å². The number of aromatic nitrogens is 2. The zero-order valence-corrected chi connectivity index (χ0v) is 11.1. The SMILES string of the molecule is CCOc1ccccc1C(=O)Nc1ccn(CC)n1. The van der Waals surface area contributed by atoms with Crippen molar-refractivity contribution in [3.63, 3.8) is 0 Å². The van der Waals surface area contributed by atoms with Gasteiger partial charge in [0.15, 0.2) is 5.82 Å². The third-order valence-electron chi connectivity index (χ3n) is 2.64. The molecule has 0 saturated heterocycles. The van der Waals surface area contributed by atoms with Gasteiger partial charge < -0.3 is 10.1 Å². The largest absolute Gasteiger partial charge is 0.493 e. The number of nitrogens with zero attached hydrogens (tertiary/aromatic N) is 2. The maximum atomic E-state index is 12.2. The number of benzene rings is 1. The minimum atomic E-state index is -0.217. The van der Waals surface area contributed by atoms with Gasteiger partial charge in [-0.05, 0) is 26.0 Å². The average molecular weight is 259 g/mol. The second-order valence-corrected chi connectivity index (χ2v) is 3.94. The highest BCUT2D eigenvalue weighted by Crippen LogP contribution is 2.19. The van der Waals surface area contributed by atoms with Crippen molar-refractivity contribution in [2.24, 2.45) is 0 Å². The average Bonchev–Trinajstić information content (AvgIpc) is 2.87. The topological polar surface area (TPSA) is 56.1 Å². The van der Waals surface area contributed by atoms with Crippen LogP contribution >= 0.6 is 0 Å². The van der Waals surface area contributed by atoms with Crippen LogP contribution in [0.2, 0.25) is 0 Å². The number of amides is 1. The lowest BCUT2D eigenvalue weighted by Gasteiger charge is -2.09. The molecule has 1 amide bonds. The van der Waals surface area contributed by atoms with Crippen molar-refractivity contribution in [3.8, 4) is 5.75 Å². The Labute approximate surface area is 112 Å². The van der Waals surface area contributed by atoms with E-state index in [9.17, 15) is 4.79 Å². The smallest absolute Gasteiger partial charge is 0.260 e. The fraction of sp³-hybridized carbons (Fsp3) is 0.286. The van der Waals surface area contributed by atoms with Crippen molar-refractivity contribution in [2.45, 2.75) is 20.4 Å². The van der Waals surface area contributed by atoms with E-state index in [1.165, 1.54) is 0 Å². The Bertz CT molecular complexity index is 563. The Hall–Kier alpha value is -2.30. The number of rotatable bonds is 5. The third kappa shape index (κ3) is 3.13. The van der Waals surface area contributed by atoms with Crippen molar-refractivity contribution in [3.05, 3.63) is 42.1 Å². The molecule has 0 spiro atoms. The summed E-state index contributed by atoms with van der Waals surface area (Å²) in [5.41, 5.74) is 0.510. The molecule has 1 aromatic carbocycles. The van der Waals surface area contributed by atoms with Crippen LogP contribution < -0.4 is 10.1 Å². The van der Waals surface area contributed by atoms with Gasteiger partial charge in [0.05, 0.1) is 12.2 Å². The Morgan fingerprint density at radius 1 is 1.32 bits per heavy atom. The monoisotopic (exact) mass is 259 g/mol. The van der Waals surface area contributed by atoms with Crippen molar-refractivity contribution >= 4 is 11.7 Å². The van der Waals surface area contributed by atoms with Gasteiger partial charge in [0.25, 0.3) is 5.91 Å². The first-order chi connectivity index (χ1) is 9.24. The van der Waals surface area contributed by atoms with Gasteiger partial charge >= 0.3 is 0 Å². The number of para-hydroxylation sites is 1. The molecule has 19 heavy (non-hydrogen) atoms. The number of aryl methyl sites for hydroxylation is 1. The molecule has 0 unspecified atom stereocenters. The molecule has 2 rings (SSSR count). The summed E-state index contributed by atoms with van der Waals surface area (Å²) in [6.45, 7) is 5.17. The Balaban J connectivity index is 2.15. The number of anilines is 1. The molecule has 0 radical (unpaired) electrons. The second kappa shape index (κ2) is 6.04. The van der Waals surface area contributed by atoms with Gasteiger partial charge in [-0.2, -0.15) is 5.10 Å². The highest BCUT2D eigenvalue weighted by Gasteiger charge is 2.12. The predicted molar refractivity (Wildman–Crippen MR) is 73.5 cm³/mol. The molecule has 0 atom stereocenters. The number of hydrogen-bond acceptors (Lipinski definition) is 3. The first-order valence-electron chi connectivity index (χ1n) is 6.31. The number of nitrogens with one attached hydrogen (secondary N) is 1. The molecular weight excluding hydrogens is 242 g/mol. The summed E-state index contributed by atoms with van der Waals surface area (Å²) in [6.07, 6.45) is 1.82. The van der Waals surface area contributed by atoms with Crippen LogP contribution in [-0.4, -0.2) is 22.3 Å². The summed E-state index contributed by atoms with van der Waals surface area (Å²) in [5.74, 6) is 0.904. The van der Waals surface area contributed by atoms with Crippen LogP contribution in [-0.2, 0) is 6.54 Å². The number of carbonyl (C=O) groups excluding carboxylic acids is 1. The summed E-state index contributed by atoms with van der Waals surface area (Å²) in [4.78, 5) is 12.2. The molecule has 0 aliphatic carbocycles. The van der Waals surface area contributed by atoms with Gasteiger partial charge in [-0.25, -0.2) is 0 Å². The summed E-state index contributed by atoms with van der Waals surface area (Å²) in [6, 6.07) is 8.93. The first-order valence-corrected chi connectivity index (χ1v) is 6.31. The molecule has 100 valence electrons. The van der Waals surface area contributed by atoms with E-state index in [2.05, 4.69) is 10.4 Å². The quantitative estimate of drug-likeness (QED) is 0.897. The van der Waals surface area contributed by atoms with Crippen LogP contribution in [0.3, 0.4) is 0 Å². The van der Waals surface area contributed by atoms with Crippen LogP contribution in [0.25, 0.3) is 0 Å². The minimum absolute atomic E-state index is 0.217. The lowest BCUT2D eigenvalue weighted by atomic mass is 10.2. The van der Waals surface area contributed by atoms with Crippen LogP contribution in [0.5, 0.6) is 5.75 Å². The molecule has 1 heterocycles. The lowest BCUT2D eigenvalue weighted by Crippen LogP contribution is -2.14. The molecule has 5 heteroatoms. The maximum absolute atomic E-state index is 12.2. The summed E-state index contributed by atoms with van der Waals surface area (Å²) in [7, 11) is 0. The highest BCUT2D eigenvalue weighted by molar-refractivity contribution is 6.05. The van der Waals surface area contributed by atoms with Crippen LogP contribution in [0.1, 0.15) is 24.2 Å². The Kier molecular flexibility index (Phi) is 4.18. The van der Waals surface area contributed by atoms with Crippen molar-refractivity contribution in [1.29, 1.82) is 0 Å². The molecule has 0 aliphatic heterocycles. The van der Waals surface area contributed by atoms with Crippen LogP contribution in [0.4, 0.5) is 5.82 Å². The number of carbonyl (C=O) groups is 1. The van der Waals surface area contributed by atoms with Crippen molar-refractivity contribution in [2.75, 3.05) is 11.9 Å². The van der Waals surface area contributed by atoms with E-state index in [4.69, 9.17) is 4.74 Å². The normalized spacial score (nSPS) is 10.2. The second-order valence-electron chi connectivity index (χ2n) is 3.94. The van der Waals surface area contributed by atoms with Gasteiger partial charge in [-0.3, -0.25) is 9.48 Å². The van der Waals surface area contributed by atoms with E-state index in [1.807, 2.05) is 32.2 Å². The predicted octanol–water partition coefficient (Wildman–Crippen LogP) is 2.55. The van der Waals surface area contributed by atoms with Gasteiger partial charge in [0.1, 0.15) is 5.75 Å². The zero-order chi connectivity index (χ0) is 13.7. The van der Waals surface area contributed by atoms with Gasteiger partial charge in [0, 0.05) is 18.8 Å². The fourth-order valence-electron chi connectivity index (χ4n) is 1.72. The summed E-state index contributed by atoms with van der Waals surface area (Å²) < 4.78 is 7.19. The molecule has 0 saturated carbocycles. The first kappa shape index (κ1) is 13.1. The Morgan fingerprint density at radius 2 is 2.11 bits per heavy atom. The molecule has 0 bridgehead atoms. The minimum Gasteiger partial charge on any atom is -0.493 e. The molecule has 0 fully saturated rings. The maximum Gasteiger partial charge on any atom is 0.260 e. The molecule has 1 aromatic heterocycles. The fourth-order valence-corrected chi connectivity index (χ4v) is 1.72. The molecular formula is C14H17N3O2. The number of hydrogen-bond donors (Lipinski definition) is 1. The van der Waals surface area contributed by atoms with E-state index in [0.29, 0.717) is 23.7 Å². The van der Waals surface area contributed by atoms with E-state index in [0.717, 1.165) is 6.54 Å². The summed E-state index contributed by atoms with van der Waals surface area (Å²) >= 11 is 0. The van der Waals surface area contributed by atoms with E-state index < -0.39 is 0 Å². The van der Waals surface area contributed by atoms with E-state index >= 15 is 0 Å².